The van der Waals surface area contributed by atoms with E-state index in [1.54, 1.807) is 0 Å². The number of unbranched alkanes of at least 4 members (excludes halogenated alkanes) is 3. The van der Waals surface area contributed by atoms with Gasteiger partial charge in [0.15, 0.2) is 0 Å². The molecule has 3 saturated heterocycles. The van der Waals surface area contributed by atoms with Crippen LogP contribution in [0, 0.1) is 0 Å². The zero-order valence-corrected chi connectivity index (χ0v) is 24.4. The van der Waals surface area contributed by atoms with E-state index < -0.39 is 0 Å². The Labute approximate surface area is 232 Å². The third kappa shape index (κ3) is 8.12. The molecule has 1 aromatic heterocycles. The number of piperidine rings is 1. The fraction of sp³-hybridized carbons (Fsp3) is 0.833. The molecule has 1 aromatic rings. The minimum absolute atomic E-state index is 0. The summed E-state index contributed by atoms with van der Waals surface area (Å²) in [5.74, 6) is 1.54. The van der Waals surface area contributed by atoms with Crippen molar-refractivity contribution in [2.45, 2.75) is 116 Å². The number of rotatable bonds is 14. The van der Waals surface area contributed by atoms with E-state index in [0.717, 1.165) is 38.4 Å². The number of nitrogens with one attached hydrogen (secondary N) is 1. The maximum Gasteiger partial charge on any atom is 0.246 e. The van der Waals surface area contributed by atoms with Crippen molar-refractivity contribution in [3.8, 4) is 0 Å². The van der Waals surface area contributed by atoms with Crippen molar-refractivity contribution in [3.63, 3.8) is 0 Å². The maximum absolute atomic E-state index is 11.8. The van der Waals surface area contributed by atoms with Gasteiger partial charge in [-0.2, -0.15) is 0 Å². The molecule has 3 atom stereocenters. The highest BCUT2D eigenvalue weighted by atomic mass is 16.5. The molecule has 3 aliphatic rings. The molecule has 8 heteroatoms. The van der Waals surface area contributed by atoms with Crippen LogP contribution < -0.4 is 10.2 Å². The third-order valence-electron chi connectivity index (χ3n) is 8.99. The second-order valence-corrected chi connectivity index (χ2v) is 12.1. The number of carbonyl (C=O) groups excluding carboxylic acids is 1. The molecule has 2 bridgehead atoms. The van der Waals surface area contributed by atoms with Crippen LogP contribution in [0.4, 0.5) is 5.95 Å². The summed E-state index contributed by atoms with van der Waals surface area (Å²) in [6.07, 6.45) is 14.9. The lowest BCUT2D eigenvalue weighted by Crippen LogP contribution is -2.56. The Kier molecular flexibility index (Phi) is 11.2. The van der Waals surface area contributed by atoms with E-state index in [1.807, 2.05) is 6.92 Å². The van der Waals surface area contributed by atoms with E-state index in [4.69, 9.17) is 14.7 Å². The molecule has 4 rings (SSSR count). The van der Waals surface area contributed by atoms with Gasteiger partial charge in [-0.1, -0.05) is 19.8 Å². The summed E-state index contributed by atoms with van der Waals surface area (Å²) in [6, 6.07) is 1.75. The summed E-state index contributed by atoms with van der Waals surface area (Å²) >= 11 is 0. The predicted octanol–water partition coefficient (Wildman–Crippen LogP) is 4.46. The Morgan fingerprint density at radius 1 is 1.03 bits per heavy atom. The Bertz CT molecular complexity index is 834. The quantitative estimate of drug-likeness (QED) is 0.356. The van der Waals surface area contributed by atoms with Gasteiger partial charge in [-0.3, -0.25) is 9.69 Å². The Morgan fingerprint density at radius 2 is 1.68 bits per heavy atom. The first-order valence-electron chi connectivity index (χ1n) is 15.4. The van der Waals surface area contributed by atoms with Crippen LogP contribution in [-0.2, 0) is 9.53 Å². The normalized spacial score (nSPS) is 23.8. The highest BCUT2D eigenvalue weighted by Gasteiger charge is 2.41. The smallest absolute Gasteiger partial charge is 0.246 e. The van der Waals surface area contributed by atoms with Crippen molar-refractivity contribution in [2.75, 3.05) is 50.8 Å². The van der Waals surface area contributed by atoms with Gasteiger partial charge in [0, 0.05) is 51.6 Å². The molecule has 38 heavy (non-hydrogen) atoms. The highest BCUT2D eigenvalue weighted by Crippen LogP contribution is 2.34. The van der Waals surface area contributed by atoms with Crippen molar-refractivity contribution in [3.05, 3.63) is 18.0 Å². The summed E-state index contributed by atoms with van der Waals surface area (Å²) in [6.45, 7) is 15.4. The Balaban J connectivity index is 0.00000420. The lowest BCUT2D eigenvalue weighted by atomic mass is 9.91. The fourth-order valence-electron chi connectivity index (χ4n) is 6.28. The zero-order chi connectivity index (χ0) is 26.9. The molecule has 0 aromatic carbocycles. The molecule has 3 unspecified atom stereocenters. The molecule has 1 N–H and O–H groups in total. The minimum atomic E-state index is 0. The minimum Gasteiger partial charge on any atom is -0.369 e. The van der Waals surface area contributed by atoms with Crippen LogP contribution in [0.2, 0.25) is 0 Å². The number of amides is 1. The zero-order valence-electron chi connectivity index (χ0n) is 24.4. The molecule has 3 aliphatic heterocycles. The standard InChI is InChI=1S/C30H52N6O2.H2/c1-5-24(4)38-22-29(37)31-14-8-6-7-9-15-34-16-12-25(13-17-34)26-18-32-30(33-19-26)36-27-10-11-28(36)21-35(20-27)23(2)3;/h18-19,23-25,27-28H,5-17,20-22H2,1-4H3,(H,31,37);1H. The van der Waals surface area contributed by atoms with Gasteiger partial charge in [-0.05, 0) is 96.8 Å². The molecular formula is C30H54N6O2. The Morgan fingerprint density at radius 3 is 2.32 bits per heavy atom. The fourth-order valence-corrected chi connectivity index (χ4v) is 6.28. The monoisotopic (exact) mass is 530 g/mol. The number of aromatic nitrogens is 2. The van der Waals surface area contributed by atoms with Crippen molar-refractivity contribution in [1.82, 2.24) is 25.1 Å². The number of hydrogen-bond acceptors (Lipinski definition) is 7. The molecule has 0 saturated carbocycles. The molecular weight excluding hydrogens is 476 g/mol. The van der Waals surface area contributed by atoms with E-state index in [2.05, 4.69) is 53.2 Å². The summed E-state index contributed by atoms with van der Waals surface area (Å²) in [7, 11) is 0. The summed E-state index contributed by atoms with van der Waals surface area (Å²) in [4.78, 5) is 29.3. The van der Waals surface area contributed by atoms with Crippen LogP contribution in [0.25, 0.3) is 0 Å². The second-order valence-electron chi connectivity index (χ2n) is 12.1. The molecule has 216 valence electrons. The number of nitrogens with zero attached hydrogens (tertiary/aromatic N) is 5. The van der Waals surface area contributed by atoms with Gasteiger partial charge in [-0.15, -0.1) is 0 Å². The number of fused-ring (bicyclic) bond motifs is 2. The van der Waals surface area contributed by atoms with E-state index in [0.29, 0.717) is 24.0 Å². The van der Waals surface area contributed by atoms with Gasteiger partial charge < -0.3 is 19.9 Å². The van der Waals surface area contributed by atoms with Crippen molar-refractivity contribution >= 4 is 11.9 Å². The first kappa shape index (κ1) is 29.2. The van der Waals surface area contributed by atoms with Gasteiger partial charge in [0.1, 0.15) is 6.61 Å². The highest BCUT2D eigenvalue weighted by molar-refractivity contribution is 5.77. The average Bonchev–Trinajstić information content (AvgIpc) is 3.19. The third-order valence-corrected chi connectivity index (χ3v) is 8.99. The lowest BCUT2D eigenvalue weighted by molar-refractivity contribution is -0.127. The number of piperazine rings is 1. The van der Waals surface area contributed by atoms with Gasteiger partial charge in [0.05, 0.1) is 6.10 Å². The van der Waals surface area contributed by atoms with Crippen LogP contribution in [-0.4, -0.2) is 95.8 Å². The molecule has 3 fully saturated rings. The maximum atomic E-state index is 11.8. The first-order valence-corrected chi connectivity index (χ1v) is 15.4. The van der Waals surface area contributed by atoms with Crippen LogP contribution in [0.3, 0.4) is 0 Å². The predicted molar refractivity (Wildman–Crippen MR) is 156 cm³/mol. The van der Waals surface area contributed by atoms with Crippen LogP contribution in [0.1, 0.15) is 98.4 Å². The van der Waals surface area contributed by atoms with Crippen molar-refractivity contribution in [2.24, 2.45) is 0 Å². The van der Waals surface area contributed by atoms with E-state index >= 15 is 0 Å². The summed E-state index contributed by atoms with van der Waals surface area (Å²) in [5, 5.41) is 2.97. The number of carbonyl (C=O) groups is 1. The number of anilines is 1. The topological polar surface area (TPSA) is 73.8 Å². The van der Waals surface area contributed by atoms with Crippen LogP contribution in [0.15, 0.2) is 12.4 Å². The molecule has 1 amide bonds. The molecule has 0 aliphatic carbocycles. The SMILES string of the molecule is CCC(C)OCC(=O)NCCCCCCN1CCC(c2cnc(N3C4CCC3CN(C(C)C)C4)nc2)CC1.[HH]. The van der Waals surface area contributed by atoms with Gasteiger partial charge in [0.2, 0.25) is 11.9 Å². The summed E-state index contributed by atoms with van der Waals surface area (Å²) in [5.41, 5.74) is 1.32. The average molecular weight is 531 g/mol. The number of ether oxygens (including phenoxy) is 1. The first-order chi connectivity index (χ1) is 18.4. The molecule has 8 nitrogen and oxygen atoms in total. The molecule has 0 radical (unpaired) electrons. The largest absolute Gasteiger partial charge is 0.369 e. The van der Waals surface area contributed by atoms with Crippen LogP contribution in [0.5, 0.6) is 0 Å². The Hall–Kier alpha value is -1.77. The van der Waals surface area contributed by atoms with E-state index in [1.165, 1.54) is 70.1 Å². The number of hydrogen-bond donors (Lipinski definition) is 1. The molecule has 0 spiro atoms. The van der Waals surface area contributed by atoms with Gasteiger partial charge in [-0.25, -0.2) is 9.97 Å². The van der Waals surface area contributed by atoms with Crippen molar-refractivity contribution < 1.29 is 11.0 Å². The van der Waals surface area contributed by atoms with E-state index in [-0.39, 0.29) is 20.0 Å². The second kappa shape index (κ2) is 14.6. The number of likely N-dealkylation sites (tertiary alicyclic amines) is 2. The van der Waals surface area contributed by atoms with Crippen molar-refractivity contribution in [1.29, 1.82) is 0 Å². The van der Waals surface area contributed by atoms with Gasteiger partial charge >= 0.3 is 0 Å². The molecule has 4 heterocycles. The van der Waals surface area contributed by atoms with Gasteiger partial charge in [0.25, 0.3) is 0 Å². The summed E-state index contributed by atoms with van der Waals surface area (Å²) < 4.78 is 5.47. The van der Waals surface area contributed by atoms with Crippen LogP contribution >= 0.6 is 0 Å². The lowest BCUT2D eigenvalue weighted by Gasteiger charge is -2.42. The van der Waals surface area contributed by atoms with E-state index in [9.17, 15) is 4.79 Å².